The van der Waals surface area contributed by atoms with E-state index in [4.69, 9.17) is 14.0 Å². The van der Waals surface area contributed by atoms with Crippen molar-refractivity contribution in [3.05, 3.63) is 30.0 Å². The Kier molecular flexibility index (Phi) is 3.37. The first-order valence-electron chi connectivity index (χ1n) is 7.54. The molecule has 8 nitrogen and oxygen atoms in total. The third-order valence-electron chi connectivity index (χ3n) is 4.04. The third-order valence-corrected chi connectivity index (χ3v) is 4.04. The molecule has 0 saturated carbocycles. The van der Waals surface area contributed by atoms with Gasteiger partial charge in [-0.1, -0.05) is 5.16 Å². The first-order valence-corrected chi connectivity index (χ1v) is 7.54. The van der Waals surface area contributed by atoms with Gasteiger partial charge in [0.25, 0.3) is 0 Å². The molecule has 2 amide bonds. The molecule has 0 aliphatic carbocycles. The van der Waals surface area contributed by atoms with Gasteiger partial charge in [-0.25, -0.2) is 0 Å². The number of carbonyl (C=O) groups is 2. The van der Waals surface area contributed by atoms with Gasteiger partial charge in [-0.2, -0.15) is 0 Å². The summed E-state index contributed by atoms with van der Waals surface area (Å²) < 4.78 is 15.5. The van der Waals surface area contributed by atoms with Crippen LogP contribution in [0.2, 0.25) is 0 Å². The molecule has 3 heterocycles. The molecule has 1 aromatic heterocycles. The fourth-order valence-corrected chi connectivity index (χ4v) is 2.84. The van der Waals surface area contributed by atoms with E-state index in [0.29, 0.717) is 35.3 Å². The van der Waals surface area contributed by atoms with Crippen molar-refractivity contribution in [2.75, 3.05) is 23.6 Å². The lowest BCUT2D eigenvalue weighted by Gasteiger charge is -2.17. The molecule has 24 heavy (non-hydrogen) atoms. The van der Waals surface area contributed by atoms with Crippen molar-refractivity contribution < 1.29 is 23.6 Å². The van der Waals surface area contributed by atoms with Crippen LogP contribution in [0.15, 0.2) is 28.8 Å². The second-order valence-corrected chi connectivity index (χ2v) is 5.76. The fourth-order valence-electron chi connectivity index (χ4n) is 2.84. The van der Waals surface area contributed by atoms with Crippen molar-refractivity contribution in [1.29, 1.82) is 0 Å². The van der Waals surface area contributed by atoms with Gasteiger partial charge in [-0.05, 0) is 19.1 Å². The summed E-state index contributed by atoms with van der Waals surface area (Å²) in [5.74, 6) is 1.42. The molecular formula is C16H15N3O5. The molecule has 1 unspecified atom stereocenters. The molecule has 2 aliphatic heterocycles. The quantitative estimate of drug-likeness (QED) is 0.921. The van der Waals surface area contributed by atoms with Crippen molar-refractivity contribution in [3.8, 4) is 11.5 Å². The maximum atomic E-state index is 12.3. The summed E-state index contributed by atoms with van der Waals surface area (Å²) in [7, 11) is 0. The molecule has 8 heteroatoms. The van der Waals surface area contributed by atoms with E-state index in [9.17, 15) is 9.59 Å². The number of nitrogens with zero attached hydrogens (tertiary/aromatic N) is 2. The molecule has 0 spiro atoms. The monoisotopic (exact) mass is 329 g/mol. The summed E-state index contributed by atoms with van der Waals surface area (Å²) in [5.41, 5.74) is 0.692. The Hall–Kier alpha value is -3.03. The van der Waals surface area contributed by atoms with Gasteiger partial charge in [0.15, 0.2) is 17.3 Å². The molecular weight excluding hydrogens is 314 g/mol. The highest BCUT2D eigenvalue weighted by Gasteiger charge is 2.36. The van der Waals surface area contributed by atoms with Crippen LogP contribution in [-0.4, -0.2) is 30.3 Å². The fraction of sp³-hybridized carbons (Fsp3) is 0.312. The highest BCUT2D eigenvalue weighted by Crippen LogP contribution is 2.37. The standard InChI is InChI=1S/C16H15N3O5/c1-9-4-14(18-24-9)17-16(21)10-5-15(20)19(7-10)11-2-3-12-13(6-11)23-8-22-12/h2-4,6,10H,5,7-8H2,1H3,(H,17,18,21). The van der Waals surface area contributed by atoms with Gasteiger partial charge in [-0.15, -0.1) is 0 Å². The van der Waals surface area contributed by atoms with E-state index in [1.807, 2.05) is 0 Å². The van der Waals surface area contributed by atoms with Crippen molar-refractivity contribution in [3.63, 3.8) is 0 Å². The lowest BCUT2D eigenvalue weighted by molar-refractivity contribution is -0.122. The number of rotatable bonds is 3. The van der Waals surface area contributed by atoms with Gasteiger partial charge in [0.05, 0.1) is 5.92 Å². The van der Waals surface area contributed by atoms with Crippen molar-refractivity contribution in [2.24, 2.45) is 5.92 Å². The van der Waals surface area contributed by atoms with Gasteiger partial charge in [0.2, 0.25) is 18.6 Å². The van der Waals surface area contributed by atoms with Crippen LogP contribution >= 0.6 is 0 Å². The zero-order chi connectivity index (χ0) is 16.7. The number of fused-ring (bicyclic) bond motifs is 1. The van der Waals surface area contributed by atoms with Crippen molar-refractivity contribution in [1.82, 2.24) is 5.16 Å². The largest absolute Gasteiger partial charge is 0.454 e. The van der Waals surface area contributed by atoms with Gasteiger partial charge < -0.3 is 24.2 Å². The van der Waals surface area contributed by atoms with Crippen LogP contribution in [0.1, 0.15) is 12.2 Å². The van der Waals surface area contributed by atoms with Gasteiger partial charge in [0.1, 0.15) is 5.76 Å². The Morgan fingerprint density at radius 3 is 2.92 bits per heavy atom. The van der Waals surface area contributed by atoms with E-state index >= 15 is 0 Å². The minimum Gasteiger partial charge on any atom is -0.454 e. The molecule has 1 aromatic carbocycles. The van der Waals surface area contributed by atoms with Crippen molar-refractivity contribution >= 4 is 23.3 Å². The summed E-state index contributed by atoms with van der Waals surface area (Å²) in [4.78, 5) is 26.2. The predicted octanol–water partition coefficient (Wildman–Crippen LogP) is 1.70. The summed E-state index contributed by atoms with van der Waals surface area (Å²) in [6.07, 6.45) is 0.150. The second kappa shape index (κ2) is 5.55. The third kappa shape index (κ3) is 2.55. The van der Waals surface area contributed by atoms with Crippen LogP contribution < -0.4 is 19.7 Å². The smallest absolute Gasteiger partial charge is 0.231 e. The number of amides is 2. The number of ether oxygens (including phenoxy) is 2. The number of aryl methyl sites for hydroxylation is 1. The topological polar surface area (TPSA) is 93.9 Å². The number of benzene rings is 1. The van der Waals surface area contributed by atoms with Gasteiger partial charge in [-0.3, -0.25) is 9.59 Å². The lowest BCUT2D eigenvalue weighted by atomic mass is 10.1. The van der Waals surface area contributed by atoms with Gasteiger partial charge in [0, 0.05) is 30.8 Å². The second-order valence-electron chi connectivity index (χ2n) is 5.76. The molecule has 2 aromatic rings. The van der Waals surface area contributed by atoms with Crippen molar-refractivity contribution in [2.45, 2.75) is 13.3 Å². The Labute approximate surface area is 137 Å². The highest BCUT2D eigenvalue weighted by atomic mass is 16.7. The first kappa shape index (κ1) is 14.6. The Balaban J connectivity index is 1.47. The molecule has 1 saturated heterocycles. The van der Waals surface area contributed by atoms with Crippen LogP contribution in [0, 0.1) is 12.8 Å². The average Bonchev–Trinajstić information content (AvgIpc) is 3.26. The number of anilines is 2. The first-order chi connectivity index (χ1) is 11.6. The summed E-state index contributed by atoms with van der Waals surface area (Å²) in [6, 6.07) is 6.93. The summed E-state index contributed by atoms with van der Waals surface area (Å²) in [5, 5.41) is 6.40. The average molecular weight is 329 g/mol. The minimum absolute atomic E-state index is 0.106. The van der Waals surface area contributed by atoms with E-state index in [-0.39, 0.29) is 25.0 Å². The molecule has 1 fully saturated rings. The predicted molar refractivity (Wildman–Crippen MR) is 82.9 cm³/mol. The number of nitrogens with one attached hydrogen (secondary N) is 1. The van der Waals surface area contributed by atoms with E-state index in [0.717, 1.165) is 0 Å². The van der Waals surface area contributed by atoms with Gasteiger partial charge >= 0.3 is 0 Å². The zero-order valence-corrected chi connectivity index (χ0v) is 12.9. The van der Waals surface area contributed by atoms with E-state index < -0.39 is 5.92 Å². The van der Waals surface area contributed by atoms with Crippen LogP contribution in [0.25, 0.3) is 0 Å². The molecule has 0 bridgehead atoms. The normalized spacial score (nSPS) is 19.0. The zero-order valence-electron chi connectivity index (χ0n) is 12.9. The number of hydrogen-bond donors (Lipinski definition) is 1. The molecule has 0 radical (unpaired) electrons. The molecule has 4 rings (SSSR count). The number of hydrogen-bond acceptors (Lipinski definition) is 6. The number of carbonyl (C=O) groups excluding carboxylic acids is 2. The van der Waals surface area contributed by atoms with Crippen LogP contribution in [0.3, 0.4) is 0 Å². The molecule has 1 N–H and O–H groups in total. The van der Waals surface area contributed by atoms with Crippen LogP contribution in [-0.2, 0) is 9.59 Å². The Bertz CT molecular complexity index is 816. The summed E-state index contributed by atoms with van der Waals surface area (Å²) in [6.45, 7) is 2.22. The molecule has 1 atom stereocenters. The maximum absolute atomic E-state index is 12.3. The maximum Gasteiger partial charge on any atom is 0.231 e. The Morgan fingerprint density at radius 1 is 1.29 bits per heavy atom. The molecule has 124 valence electrons. The van der Waals surface area contributed by atoms with Crippen LogP contribution in [0.4, 0.5) is 11.5 Å². The van der Waals surface area contributed by atoms with E-state index in [1.54, 1.807) is 36.1 Å². The SMILES string of the molecule is Cc1cc(NC(=O)C2CC(=O)N(c3ccc4c(c3)OCO4)C2)no1. The molecule has 2 aliphatic rings. The van der Waals surface area contributed by atoms with E-state index in [2.05, 4.69) is 10.5 Å². The summed E-state index contributed by atoms with van der Waals surface area (Å²) >= 11 is 0. The van der Waals surface area contributed by atoms with Crippen LogP contribution in [0.5, 0.6) is 11.5 Å². The van der Waals surface area contributed by atoms with E-state index in [1.165, 1.54) is 0 Å². The number of aromatic nitrogens is 1. The minimum atomic E-state index is -0.445. The highest BCUT2D eigenvalue weighted by molar-refractivity contribution is 6.03. The lowest BCUT2D eigenvalue weighted by Crippen LogP contribution is -2.28. The Morgan fingerprint density at radius 2 is 2.12 bits per heavy atom.